The number of rotatable bonds is 9. The number of thiazole rings is 1. The van der Waals surface area contributed by atoms with E-state index < -0.39 is 10.8 Å². The normalized spacial score (nSPS) is 11.1. The van der Waals surface area contributed by atoms with Gasteiger partial charge in [0.2, 0.25) is 5.69 Å². The predicted octanol–water partition coefficient (Wildman–Crippen LogP) is 3.21. The average molecular weight is 438 g/mol. The summed E-state index contributed by atoms with van der Waals surface area (Å²) >= 11 is 2.96. The Bertz CT molecular complexity index is 1050. The fraction of sp³-hybridized carbons (Fsp3) is 0.353. The minimum Gasteiger partial charge on any atom is -0.382 e. The number of aromatic nitrogens is 3. The zero-order valence-corrected chi connectivity index (χ0v) is 17.6. The van der Waals surface area contributed by atoms with Gasteiger partial charge >= 0.3 is 5.69 Å². The van der Waals surface area contributed by atoms with Gasteiger partial charge in [-0.25, -0.2) is 4.98 Å². The molecule has 154 valence electrons. The van der Waals surface area contributed by atoms with E-state index in [0.717, 1.165) is 14.6 Å². The number of thioether (sulfide) groups is 1. The standard InChI is InChI=1S/C17H19N5O5S2/c1-10-14(22(24)25)15(21(2)20-10)16(23)18-11-4-5-12-13(8-11)29-17(19-12)28-9-27-7-6-26-3/h4-5,8H,6-7,9H2,1-3H3,(H,18,23). The van der Waals surface area contributed by atoms with Gasteiger partial charge in [-0.2, -0.15) is 5.10 Å². The first kappa shape index (κ1) is 21.2. The Labute approximate surface area is 174 Å². The van der Waals surface area contributed by atoms with Gasteiger partial charge in [0.15, 0.2) is 4.34 Å². The first-order valence-corrected chi connectivity index (χ1v) is 10.3. The van der Waals surface area contributed by atoms with E-state index in [2.05, 4.69) is 15.4 Å². The molecule has 29 heavy (non-hydrogen) atoms. The van der Waals surface area contributed by atoms with E-state index in [0.29, 0.717) is 24.8 Å². The van der Waals surface area contributed by atoms with Gasteiger partial charge in [-0.05, 0) is 25.1 Å². The molecule has 1 aromatic carbocycles. The molecular weight excluding hydrogens is 418 g/mol. The van der Waals surface area contributed by atoms with Crippen molar-refractivity contribution in [3.63, 3.8) is 0 Å². The van der Waals surface area contributed by atoms with Crippen LogP contribution in [0.1, 0.15) is 16.2 Å². The molecule has 3 rings (SSSR count). The molecule has 2 heterocycles. The van der Waals surface area contributed by atoms with Gasteiger partial charge < -0.3 is 14.8 Å². The van der Waals surface area contributed by atoms with Crippen LogP contribution < -0.4 is 5.32 Å². The van der Waals surface area contributed by atoms with Gasteiger partial charge in [-0.3, -0.25) is 19.6 Å². The van der Waals surface area contributed by atoms with Crippen molar-refractivity contribution in [1.29, 1.82) is 0 Å². The SMILES string of the molecule is COCCOCSc1nc2ccc(NC(=O)c3c([N+](=O)[O-])c(C)nn3C)cc2s1. The lowest BCUT2D eigenvalue weighted by molar-refractivity contribution is -0.385. The van der Waals surface area contributed by atoms with Gasteiger partial charge in [0.25, 0.3) is 5.91 Å². The maximum absolute atomic E-state index is 12.6. The summed E-state index contributed by atoms with van der Waals surface area (Å²) in [6.07, 6.45) is 0. The number of aryl methyl sites for hydroxylation is 2. The van der Waals surface area contributed by atoms with E-state index >= 15 is 0 Å². The first-order chi connectivity index (χ1) is 13.9. The average Bonchev–Trinajstić information content (AvgIpc) is 3.20. The van der Waals surface area contributed by atoms with E-state index in [1.165, 1.54) is 41.8 Å². The van der Waals surface area contributed by atoms with Crippen LogP contribution >= 0.6 is 23.1 Å². The topological polar surface area (TPSA) is 121 Å². The van der Waals surface area contributed by atoms with Gasteiger partial charge in [0.1, 0.15) is 5.69 Å². The molecule has 0 aliphatic carbocycles. The Hall–Kier alpha value is -2.54. The highest BCUT2D eigenvalue weighted by Crippen LogP contribution is 2.31. The highest BCUT2D eigenvalue weighted by molar-refractivity contribution is 8.01. The van der Waals surface area contributed by atoms with Crippen molar-refractivity contribution in [2.75, 3.05) is 31.6 Å². The van der Waals surface area contributed by atoms with Crippen LogP contribution in [-0.4, -0.2) is 51.9 Å². The molecular formula is C17H19N5O5S2. The molecule has 0 bridgehead atoms. The first-order valence-electron chi connectivity index (χ1n) is 8.50. The van der Waals surface area contributed by atoms with Crippen molar-refractivity contribution in [2.24, 2.45) is 7.05 Å². The maximum atomic E-state index is 12.6. The lowest BCUT2D eigenvalue weighted by Crippen LogP contribution is -2.17. The van der Waals surface area contributed by atoms with Gasteiger partial charge in [0.05, 0.1) is 34.3 Å². The van der Waals surface area contributed by atoms with Crippen molar-refractivity contribution in [3.8, 4) is 0 Å². The molecule has 0 saturated carbocycles. The molecule has 0 fully saturated rings. The van der Waals surface area contributed by atoms with E-state index in [1.807, 2.05) is 0 Å². The molecule has 0 atom stereocenters. The smallest absolute Gasteiger partial charge is 0.322 e. The van der Waals surface area contributed by atoms with Gasteiger partial charge in [0, 0.05) is 19.8 Å². The Morgan fingerprint density at radius 1 is 1.41 bits per heavy atom. The lowest BCUT2D eigenvalue weighted by atomic mass is 10.2. The summed E-state index contributed by atoms with van der Waals surface area (Å²) in [6.45, 7) is 2.55. The molecule has 2 aromatic heterocycles. The van der Waals surface area contributed by atoms with Gasteiger partial charge in [-0.15, -0.1) is 11.3 Å². The third-order valence-corrected chi connectivity index (χ3v) is 5.95. The summed E-state index contributed by atoms with van der Waals surface area (Å²) < 4.78 is 13.3. The van der Waals surface area contributed by atoms with Crippen LogP contribution in [0.4, 0.5) is 11.4 Å². The minimum atomic E-state index is -0.595. The molecule has 0 unspecified atom stereocenters. The molecule has 12 heteroatoms. The summed E-state index contributed by atoms with van der Waals surface area (Å²) in [5.74, 6) is -0.124. The minimum absolute atomic E-state index is 0.0960. The summed E-state index contributed by atoms with van der Waals surface area (Å²) in [7, 11) is 3.12. The number of carbonyl (C=O) groups is 1. The zero-order valence-electron chi connectivity index (χ0n) is 16.0. The van der Waals surface area contributed by atoms with Crippen molar-refractivity contribution < 1.29 is 19.2 Å². The Balaban J connectivity index is 1.73. The molecule has 0 radical (unpaired) electrons. The fourth-order valence-electron chi connectivity index (χ4n) is 2.65. The van der Waals surface area contributed by atoms with Crippen LogP contribution in [-0.2, 0) is 16.5 Å². The highest BCUT2D eigenvalue weighted by atomic mass is 32.2. The number of ether oxygens (including phenoxy) is 2. The van der Waals surface area contributed by atoms with Crippen LogP contribution in [0.5, 0.6) is 0 Å². The monoisotopic (exact) mass is 437 g/mol. The molecule has 0 aliphatic heterocycles. The van der Waals surface area contributed by atoms with E-state index in [4.69, 9.17) is 9.47 Å². The third kappa shape index (κ3) is 4.90. The number of anilines is 1. The zero-order chi connectivity index (χ0) is 21.0. The van der Waals surface area contributed by atoms with Gasteiger partial charge in [-0.1, -0.05) is 11.8 Å². The van der Waals surface area contributed by atoms with Crippen molar-refractivity contribution in [2.45, 2.75) is 11.3 Å². The van der Waals surface area contributed by atoms with E-state index in [-0.39, 0.29) is 17.1 Å². The predicted molar refractivity (Wildman–Crippen MR) is 111 cm³/mol. The quantitative estimate of drug-likeness (QED) is 0.178. The number of fused-ring (bicyclic) bond motifs is 1. The van der Waals surface area contributed by atoms with Crippen molar-refractivity contribution in [3.05, 3.63) is 39.7 Å². The number of methoxy groups -OCH3 is 1. The number of hydrogen-bond acceptors (Lipinski definition) is 9. The third-order valence-electron chi connectivity index (χ3n) is 3.91. The molecule has 3 aromatic rings. The molecule has 1 N–H and O–H groups in total. The largest absolute Gasteiger partial charge is 0.382 e. The number of carbonyl (C=O) groups excluding carboxylic acids is 1. The second-order valence-electron chi connectivity index (χ2n) is 5.94. The maximum Gasteiger partial charge on any atom is 0.322 e. The second kappa shape index (κ2) is 9.31. The molecule has 0 aliphatic rings. The summed E-state index contributed by atoms with van der Waals surface area (Å²) in [4.78, 5) is 27.8. The van der Waals surface area contributed by atoms with Crippen LogP contribution in [0.2, 0.25) is 0 Å². The number of amides is 1. The molecule has 0 spiro atoms. The number of nitrogens with zero attached hydrogens (tertiary/aromatic N) is 4. The van der Waals surface area contributed by atoms with Crippen LogP contribution in [0.3, 0.4) is 0 Å². The Morgan fingerprint density at radius 2 is 2.21 bits per heavy atom. The van der Waals surface area contributed by atoms with E-state index in [1.54, 1.807) is 25.3 Å². The molecule has 10 nitrogen and oxygen atoms in total. The van der Waals surface area contributed by atoms with Crippen LogP contribution in [0.25, 0.3) is 10.2 Å². The fourth-order valence-corrected chi connectivity index (χ4v) is 4.50. The lowest BCUT2D eigenvalue weighted by Gasteiger charge is -2.05. The number of benzene rings is 1. The summed E-state index contributed by atoms with van der Waals surface area (Å²) in [5.41, 5.74) is 1.12. The summed E-state index contributed by atoms with van der Waals surface area (Å²) in [6, 6.07) is 5.29. The highest BCUT2D eigenvalue weighted by Gasteiger charge is 2.29. The van der Waals surface area contributed by atoms with Crippen LogP contribution in [0.15, 0.2) is 22.5 Å². The van der Waals surface area contributed by atoms with Crippen LogP contribution in [0, 0.1) is 17.0 Å². The van der Waals surface area contributed by atoms with Crippen molar-refractivity contribution >= 4 is 50.6 Å². The summed E-state index contributed by atoms with van der Waals surface area (Å²) in [5, 5.41) is 18.0. The number of nitro groups is 1. The Kier molecular flexibility index (Phi) is 6.79. The number of hydrogen-bond donors (Lipinski definition) is 1. The second-order valence-corrected chi connectivity index (χ2v) is 8.14. The molecule has 0 saturated heterocycles. The Morgan fingerprint density at radius 3 is 2.93 bits per heavy atom. The van der Waals surface area contributed by atoms with Crippen molar-refractivity contribution in [1.82, 2.24) is 14.8 Å². The molecule has 1 amide bonds. The number of nitrogens with one attached hydrogen (secondary N) is 1. The van der Waals surface area contributed by atoms with E-state index in [9.17, 15) is 14.9 Å².